The number of allylic oxidation sites excluding steroid dienone is 4. The third kappa shape index (κ3) is 2.09. The minimum atomic E-state index is 1.21. The fraction of sp³-hybridized carbons (Fsp3) is 0.538. The second kappa shape index (κ2) is 4.50. The second-order valence-corrected chi connectivity index (χ2v) is 4.20. The van der Waals surface area contributed by atoms with E-state index in [-0.39, 0.29) is 0 Å². The highest BCUT2D eigenvalue weighted by molar-refractivity contribution is 5.39. The van der Waals surface area contributed by atoms with Crippen molar-refractivity contribution in [2.75, 3.05) is 0 Å². The van der Waals surface area contributed by atoms with Crippen LogP contribution in [0.1, 0.15) is 45.4 Å². The summed E-state index contributed by atoms with van der Waals surface area (Å²) in [4.78, 5) is 0. The lowest BCUT2D eigenvalue weighted by Crippen LogP contribution is -2.02. The summed E-state index contributed by atoms with van der Waals surface area (Å²) >= 11 is 0. The topological polar surface area (TPSA) is 14.1 Å². The summed E-state index contributed by atoms with van der Waals surface area (Å²) < 4.78 is 0. The van der Waals surface area contributed by atoms with Crippen LogP contribution < -0.4 is 5.32 Å². The highest BCUT2D eigenvalue weighted by atomic mass is 14.9. The lowest BCUT2D eigenvalue weighted by Gasteiger charge is -2.16. The first kappa shape index (κ1) is 9.57. The van der Waals surface area contributed by atoms with Gasteiger partial charge in [0.1, 0.15) is 0 Å². The average molecular weight is 188 g/mol. The average Bonchev–Trinajstić information content (AvgIpc) is 2.65. The molecule has 0 bridgehead atoms. The van der Waals surface area contributed by atoms with Crippen molar-refractivity contribution in [3.05, 3.63) is 35.2 Å². The first-order valence-corrected chi connectivity index (χ1v) is 5.64. The molecule has 1 heteroatoms. The van der Waals surface area contributed by atoms with Gasteiger partial charge in [0.2, 0.25) is 0 Å². The summed E-state index contributed by atoms with van der Waals surface area (Å²) in [7, 11) is 0. The molecule has 0 aromatic carbocycles. The van der Waals surface area contributed by atoms with Crippen LogP contribution in [0.5, 0.6) is 0 Å². The van der Waals surface area contributed by atoms with Gasteiger partial charge in [-0.1, -0.05) is 18.4 Å². The van der Waals surface area contributed by atoms with Gasteiger partial charge in [-0.25, -0.2) is 0 Å². The Morgan fingerprint density at radius 2 is 1.86 bits per heavy atom. The highest BCUT2D eigenvalue weighted by Gasteiger charge is 2.12. The van der Waals surface area contributed by atoms with Crippen LogP contribution in [-0.4, -0.2) is 0 Å². The molecule has 14 heavy (non-hydrogen) atoms. The van der Waals surface area contributed by atoms with Crippen LogP contribution in [0.3, 0.4) is 0 Å². The fourth-order valence-electron chi connectivity index (χ4n) is 2.24. The van der Waals surface area contributed by atoms with E-state index in [1.807, 2.05) is 12.3 Å². The van der Waals surface area contributed by atoms with Gasteiger partial charge in [0, 0.05) is 6.20 Å². The molecule has 75 valence electrons. The first-order valence-electron chi connectivity index (χ1n) is 5.64. The van der Waals surface area contributed by atoms with Crippen molar-refractivity contribution in [2.24, 2.45) is 0 Å². The van der Waals surface area contributed by atoms with E-state index < -0.39 is 0 Å². The Bertz CT molecular complexity index is 294. The molecule has 1 aliphatic heterocycles. The van der Waals surface area contributed by atoms with Gasteiger partial charge in [-0.3, -0.25) is 5.32 Å². The van der Waals surface area contributed by atoms with Crippen molar-refractivity contribution in [3.8, 4) is 0 Å². The van der Waals surface area contributed by atoms with Gasteiger partial charge in [-0.2, -0.15) is 0 Å². The van der Waals surface area contributed by atoms with E-state index in [4.69, 9.17) is 0 Å². The molecule has 1 nitrogen and oxygen atoms in total. The summed E-state index contributed by atoms with van der Waals surface area (Å²) in [6.45, 7) is 2.27. The van der Waals surface area contributed by atoms with Crippen LogP contribution in [0.4, 0.5) is 0 Å². The molecule has 0 N–H and O–H groups in total. The molecule has 2 aliphatic rings. The molecule has 0 amide bonds. The summed E-state index contributed by atoms with van der Waals surface area (Å²) in [6, 6.07) is 0. The molecular formula is C13H18N. The molecule has 0 unspecified atom stereocenters. The van der Waals surface area contributed by atoms with Crippen molar-refractivity contribution in [1.82, 2.24) is 5.32 Å². The molecule has 0 spiro atoms. The molecule has 2 rings (SSSR count). The maximum Gasteiger partial charge on any atom is 0.0661 e. The maximum absolute atomic E-state index is 4.40. The molecule has 1 heterocycles. The minimum Gasteiger partial charge on any atom is -0.257 e. The van der Waals surface area contributed by atoms with Crippen molar-refractivity contribution in [2.45, 2.75) is 45.4 Å². The number of rotatable bonds is 1. The second-order valence-electron chi connectivity index (χ2n) is 4.20. The largest absolute Gasteiger partial charge is 0.257 e. The molecule has 0 saturated heterocycles. The third-order valence-electron chi connectivity index (χ3n) is 3.11. The van der Waals surface area contributed by atoms with Crippen LogP contribution in [0.15, 0.2) is 35.2 Å². The van der Waals surface area contributed by atoms with Crippen molar-refractivity contribution < 1.29 is 0 Å². The van der Waals surface area contributed by atoms with Crippen molar-refractivity contribution >= 4 is 0 Å². The van der Waals surface area contributed by atoms with E-state index in [1.165, 1.54) is 49.8 Å². The molecule has 1 aliphatic carbocycles. The maximum atomic E-state index is 4.40. The smallest absolute Gasteiger partial charge is 0.0661 e. The van der Waals surface area contributed by atoms with E-state index in [0.717, 1.165) is 0 Å². The van der Waals surface area contributed by atoms with Gasteiger partial charge in [-0.05, 0) is 50.3 Å². The standard InChI is InChI=1S/C13H18N/c1-11-7-4-2-3-5-8-12(11)13-9-6-10-14-13/h6,9-10H,2-5,7-8H2,1H3/b12-11+. The van der Waals surface area contributed by atoms with Gasteiger partial charge in [0.05, 0.1) is 5.70 Å². The van der Waals surface area contributed by atoms with Gasteiger partial charge in [0.25, 0.3) is 0 Å². The summed E-state index contributed by atoms with van der Waals surface area (Å²) in [6.07, 6.45) is 14.0. The SMILES string of the molecule is C/C1=C(\C2=CC=C[N]2)CCCCCC1. The van der Waals surface area contributed by atoms with E-state index in [1.54, 1.807) is 5.57 Å². The Kier molecular flexibility index (Phi) is 3.07. The van der Waals surface area contributed by atoms with Gasteiger partial charge >= 0.3 is 0 Å². The van der Waals surface area contributed by atoms with Crippen molar-refractivity contribution in [1.29, 1.82) is 0 Å². The van der Waals surface area contributed by atoms with Crippen LogP contribution in [0.2, 0.25) is 0 Å². The van der Waals surface area contributed by atoms with E-state index in [9.17, 15) is 0 Å². The Balaban J connectivity index is 2.15. The number of nitrogens with zero attached hydrogens (tertiary/aromatic N) is 1. The van der Waals surface area contributed by atoms with Gasteiger partial charge in [0.15, 0.2) is 0 Å². The molecule has 0 aromatic heterocycles. The van der Waals surface area contributed by atoms with Crippen LogP contribution >= 0.6 is 0 Å². The van der Waals surface area contributed by atoms with E-state index in [0.29, 0.717) is 0 Å². The molecule has 0 atom stereocenters. The molecule has 0 aromatic rings. The van der Waals surface area contributed by atoms with Crippen LogP contribution in [-0.2, 0) is 0 Å². The summed E-state index contributed by atoms with van der Waals surface area (Å²) in [5, 5.41) is 4.40. The number of hydrogen-bond donors (Lipinski definition) is 0. The highest BCUT2D eigenvalue weighted by Crippen LogP contribution is 2.28. The number of hydrogen-bond acceptors (Lipinski definition) is 0. The van der Waals surface area contributed by atoms with Crippen LogP contribution in [0, 0.1) is 0 Å². The zero-order chi connectivity index (χ0) is 9.80. The Morgan fingerprint density at radius 3 is 2.57 bits per heavy atom. The van der Waals surface area contributed by atoms with Gasteiger partial charge < -0.3 is 0 Å². The van der Waals surface area contributed by atoms with Crippen molar-refractivity contribution in [3.63, 3.8) is 0 Å². The van der Waals surface area contributed by atoms with E-state index in [2.05, 4.69) is 18.3 Å². The zero-order valence-electron chi connectivity index (χ0n) is 8.92. The predicted molar refractivity (Wildman–Crippen MR) is 59.8 cm³/mol. The van der Waals surface area contributed by atoms with E-state index >= 15 is 0 Å². The summed E-state index contributed by atoms with van der Waals surface area (Å²) in [5.74, 6) is 0. The molecule has 0 fully saturated rings. The monoisotopic (exact) mass is 188 g/mol. The van der Waals surface area contributed by atoms with Crippen LogP contribution in [0.25, 0.3) is 0 Å². The Labute approximate surface area is 86.6 Å². The molecular weight excluding hydrogens is 170 g/mol. The quantitative estimate of drug-likeness (QED) is 0.596. The fourth-order valence-corrected chi connectivity index (χ4v) is 2.24. The Morgan fingerprint density at radius 1 is 1.07 bits per heavy atom. The van der Waals surface area contributed by atoms with Gasteiger partial charge in [-0.15, -0.1) is 0 Å². The Hall–Kier alpha value is -0.980. The molecule has 1 radical (unpaired) electrons. The zero-order valence-corrected chi connectivity index (χ0v) is 8.92. The summed E-state index contributed by atoms with van der Waals surface area (Å²) in [5.41, 5.74) is 4.28. The molecule has 0 saturated carbocycles. The third-order valence-corrected chi connectivity index (χ3v) is 3.11. The lowest BCUT2D eigenvalue weighted by atomic mass is 9.92. The minimum absolute atomic E-state index is 1.21. The normalized spacial score (nSPS) is 27.9. The first-order chi connectivity index (χ1) is 6.88. The lowest BCUT2D eigenvalue weighted by molar-refractivity contribution is 0.611. The predicted octanol–water partition coefficient (Wildman–Crippen LogP) is 3.67.